The summed E-state index contributed by atoms with van der Waals surface area (Å²) >= 11 is 0. The van der Waals surface area contributed by atoms with Gasteiger partial charge in [0.25, 0.3) is 0 Å². The Bertz CT molecular complexity index is 433. The molecule has 1 aromatic carbocycles. The number of aryl methyl sites for hydroxylation is 2. The van der Waals surface area contributed by atoms with E-state index in [2.05, 4.69) is 11.4 Å². The molecule has 1 atom stereocenters. The molecule has 1 heterocycles. The smallest absolute Gasteiger partial charge is 0.223 e. The van der Waals surface area contributed by atoms with Crippen molar-refractivity contribution in [3.8, 4) is 5.75 Å². The summed E-state index contributed by atoms with van der Waals surface area (Å²) in [5.41, 5.74) is 2.34. The average Bonchev–Trinajstić information content (AvgIpc) is 2.88. The highest BCUT2D eigenvalue weighted by Crippen LogP contribution is 2.16. The minimum atomic E-state index is 0.0184. The van der Waals surface area contributed by atoms with Crippen LogP contribution >= 0.6 is 0 Å². The minimum absolute atomic E-state index is 0.0184. The summed E-state index contributed by atoms with van der Waals surface area (Å²) in [4.78, 5) is 11.7. The number of carbonyl (C=O) groups is 1. The first-order valence-electron chi connectivity index (χ1n) is 7.23. The van der Waals surface area contributed by atoms with Crippen LogP contribution in [-0.2, 0) is 9.53 Å². The maximum Gasteiger partial charge on any atom is 0.223 e. The molecular formula is C16H23NO3. The summed E-state index contributed by atoms with van der Waals surface area (Å²) in [5.74, 6) is 0.847. The monoisotopic (exact) mass is 277 g/mol. The Labute approximate surface area is 120 Å². The van der Waals surface area contributed by atoms with Crippen molar-refractivity contribution in [1.29, 1.82) is 0 Å². The molecule has 1 amide bonds. The molecule has 0 radical (unpaired) electrons. The molecule has 1 fully saturated rings. The number of hydrogen-bond acceptors (Lipinski definition) is 3. The van der Waals surface area contributed by atoms with E-state index in [1.54, 1.807) is 0 Å². The van der Waals surface area contributed by atoms with Gasteiger partial charge in [-0.15, -0.1) is 0 Å². The minimum Gasteiger partial charge on any atom is -0.493 e. The van der Waals surface area contributed by atoms with E-state index in [0.717, 1.165) is 25.2 Å². The number of amides is 1. The number of benzene rings is 1. The van der Waals surface area contributed by atoms with E-state index < -0.39 is 0 Å². The maximum absolute atomic E-state index is 11.7. The molecule has 1 saturated heterocycles. The summed E-state index contributed by atoms with van der Waals surface area (Å²) in [6.45, 7) is 5.90. The second-order valence-electron chi connectivity index (χ2n) is 5.36. The van der Waals surface area contributed by atoms with Gasteiger partial charge in [-0.25, -0.2) is 0 Å². The molecule has 0 aromatic heterocycles. The van der Waals surface area contributed by atoms with E-state index in [1.165, 1.54) is 11.1 Å². The number of hydrogen-bond donors (Lipinski definition) is 1. The summed E-state index contributed by atoms with van der Waals surface area (Å²) < 4.78 is 11.1. The third-order valence-corrected chi connectivity index (χ3v) is 3.34. The summed E-state index contributed by atoms with van der Waals surface area (Å²) in [5, 5.41) is 2.89. The van der Waals surface area contributed by atoms with E-state index in [-0.39, 0.29) is 12.0 Å². The molecule has 2 rings (SSSR count). The van der Waals surface area contributed by atoms with E-state index in [1.807, 2.05) is 26.0 Å². The number of nitrogens with one attached hydrogen (secondary N) is 1. The molecule has 1 N–H and O–H groups in total. The highest BCUT2D eigenvalue weighted by atomic mass is 16.5. The van der Waals surface area contributed by atoms with Crippen molar-refractivity contribution in [3.63, 3.8) is 0 Å². The van der Waals surface area contributed by atoms with Crippen molar-refractivity contribution in [2.45, 2.75) is 39.2 Å². The Morgan fingerprint density at radius 3 is 2.75 bits per heavy atom. The lowest BCUT2D eigenvalue weighted by Gasteiger charge is -2.11. The maximum atomic E-state index is 11.7. The summed E-state index contributed by atoms with van der Waals surface area (Å²) in [7, 11) is 0. The number of rotatable bonds is 6. The zero-order valence-electron chi connectivity index (χ0n) is 12.3. The van der Waals surface area contributed by atoms with Crippen molar-refractivity contribution in [2.75, 3.05) is 19.8 Å². The predicted molar refractivity (Wildman–Crippen MR) is 78.0 cm³/mol. The fourth-order valence-electron chi connectivity index (χ4n) is 2.40. The molecule has 4 heteroatoms. The van der Waals surface area contributed by atoms with Gasteiger partial charge < -0.3 is 14.8 Å². The molecule has 0 bridgehead atoms. The van der Waals surface area contributed by atoms with Crippen LogP contribution in [0.25, 0.3) is 0 Å². The molecule has 110 valence electrons. The SMILES string of the molecule is Cc1cc(C)cc(OCCC(=O)NCC2CCCO2)c1. The first-order valence-corrected chi connectivity index (χ1v) is 7.23. The lowest BCUT2D eigenvalue weighted by atomic mass is 10.1. The molecular weight excluding hydrogens is 254 g/mol. The highest BCUT2D eigenvalue weighted by molar-refractivity contribution is 5.76. The van der Waals surface area contributed by atoms with Gasteiger partial charge in [-0.3, -0.25) is 4.79 Å². The second kappa shape index (κ2) is 7.29. The van der Waals surface area contributed by atoms with E-state index in [0.29, 0.717) is 19.6 Å². The Morgan fingerprint density at radius 2 is 2.10 bits per heavy atom. The van der Waals surface area contributed by atoms with Gasteiger partial charge >= 0.3 is 0 Å². The molecule has 4 nitrogen and oxygen atoms in total. The van der Waals surface area contributed by atoms with Crippen LogP contribution in [0.2, 0.25) is 0 Å². The molecule has 0 saturated carbocycles. The number of carbonyl (C=O) groups excluding carboxylic acids is 1. The Balaban J connectivity index is 1.65. The van der Waals surface area contributed by atoms with Crippen molar-refractivity contribution in [3.05, 3.63) is 29.3 Å². The van der Waals surface area contributed by atoms with Crippen LogP contribution in [-0.4, -0.2) is 31.8 Å². The van der Waals surface area contributed by atoms with E-state index >= 15 is 0 Å². The average molecular weight is 277 g/mol. The van der Waals surface area contributed by atoms with Gasteiger partial charge in [0.05, 0.1) is 19.1 Å². The normalized spacial score (nSPS) is 18.0. The molecule has 1 unspecified atom stereocenters. The predicted octanol–water partition coefficient (Wildman–Crippen LogP) is 2.37. The standard InChI is InChI=1S/C16H23NO3/c1-12-8-13(2)10-15(9-12)20-7-5-16(18)17-11-14-4-3-6-19-14/h8-10,14H,3-7,11H2,1-2H3,(H,17,18). The fourth-order valence-corrected chi connectivity index (χ4v) is 2.40. The fraction of sp³-hybridized carbons (Fsp3) is 0.562. The van der Waals surface area contributed by atoms with Crippen LogP contribution < -0.4 is 10.1 Å². The molecule has 0 aliphatic carbocycles. The third-order valence-electron chi connectivity index (χ3n) is 3.34. The van der Waals surface area contributed by atoms with Crippen LogP contribution in [0.15, 0.2) is 18.2 Å². The Kier molecular flexibility index (Phi) is 5.41. The second-order valence-corrected chi connectivity index (χ2v) is 5.36. The largest absolute Gasteiger partial charge is 0.493 e. The van der Waals surface area contributed by atoms with Gasteiger partial charge in [0.15, 0.2) is 0 Å². The van der Waals surface area contributed by atoms with Crippen LogP contribution in [0.3, 0.4) is 0 Å². The summed E-state index contributed by atoms with van der Waals surface area (Å²) in [6, 6.07) is 6.07. The van der Waals surface area contributed by atoms with Crippen molar-refractivity contribution < 1.29 is 14.3 Å². The molecule has 1 aliphatic heterocycles. The van der Waals surface area contributed by atoms with Crippen LogP contribution in [0.1, 0.15) is 30.4 Å². The highest BCUT2D eigenvalue weighted by Gasteiger charge is 2.15. The van der Waals surface area contributed by atoms with Gasteiger partial charge in [0.2, 0.25) is 5.91 Å². The zero-order chi connectivity index (χ0) is 14.4. The first kappa shape index (κ1) is 14.9. The van der Waals surface area contributed by atoms with E-state index in [9.17, 15) is 4.79 Å². The Hall–Kier alpha value is -1.55. The van der Waals surface area contributed by atoms with Crippen molar-refractivity contribution in [1.82, 2.24) is 5.32 Å². The van der Waals surface area contributed by atoms with E-state index in [4.69, 9.17) is 9.47 Å². The van der Waals surface area contributed by atoms with Gasteiger partial charge in [-0.05, 0) is 49.9 Å². The van der Waals surface area contributed by atoms with Gasteiger partial charge in [-0.1, -0.05) is 6.07 Å². The van der Waals surface area contributed by atoms with Crippen molar-refractivity contribution >= 4 is 5.91 Å². The van der Waals surface area contributed by atoms with Gasteiger partial charge in [0.1, 0.15) is 5.75 Å². The summed E-state index contributed by atoms with van der Waals surface area (Å²) in [6.07, 6.45) is 2.70. The Morgan fingerprint density at radius 1 is 1.35 bits per heavy atom. The quantitative estimate of drug-likeness (QED) is 0.868. The van der Waals surface area contributed by atoms with Crippen LogP contribution in [0, 0.1) is 13.8 Å². The van der Waals surface area contributed by atoms with Crippen LogP contribution in [0.4, 0.5) is 0 Å². The van der Waals surface area contributed by atoms with Crippen molar-refractivity contribution in [2.24, 2.45) is 0 Å². The zero-order valence-corrected chi connectivity index (χ0v) is 12.3. The molecule has 0 spiro atoms. The topological polar surface area (TPSA) is 47.6 Å². The molecule has 1 aromatic rings. The van der Waals surface area contributed by atoms with Gasteiger partial charge in [-0.2, -0.15) is 0 Å². The van der Waals surface area contributed by atoms with Crippen LogP contribution in [0.5, 0.6) is 5.75 Å². The first-order chi connectivity index (χ1) is 9.63. The van der Waals surface area contributed by atoms with Gasteiger partial charge in [0, 0.05) is 13.2 Å². The third kappa shape index (κ3) is 4.85. The lowest BCUT2D eigenvalue weighted by molar-refractivity contribution is -0.122. The lowest BCUT2D eigenvalue weighted by Crippen LogP contribution is -2.32. The number of ether oxygens (including phenoxy) is 2. The molecule has 20 heavy (non-hydrogen) atoms. The molecule has 1 aliphatic rings.